The molecule has 4 aromatic rings. The van der Waals surface area contributed by atoms with Crippen LogP contribution in [-0.2, 0) is 9.53 Å². The topological polar surface area (TPSA) is 93.8 Å². The quantitative estimate of drug-likeness (QED) is 0.370. The molecule has 9 heteroatoms. The van der Waals surface area contributed by atoms with E-state index in [9.17, 15) is 9.59 Å². The number of amides is 2. The van der Waals surface area contributed by atoms with E-state index in [1.807, 2.05) is 47.4 Å². The number of rotatable bonds is 6. The first kappa shape index (κ1) is 25.6. The van der Waals surface area contributed by atoms with Crippen LogP contribution in [0.1, 0.15) is 23.2 Å². The fourth-order valence-corrected chi connectivity index (χ4v) is 5.67. The van der Waals surface area contributed by atoms with Crippen molar-refractivity contribution in [1.82, 2.24) is 14.9 Å². The van der Waals surface area contributed by atoms with E-state index in [1.165, 1.54) is 0 Å². The molecule has 1 aromatic heterocycles. The number of imidazole rings is 1. The monoisotopic (exact) mass is 550 g/mol. The summed E-state index contributed by atoms with van der Waals surface area (Å²) in [6.45, 7) is 6.48. The highest BCUT2D eigenvalue weighted by molar-refractivity contribution is 6.05. The zero-order chi connectivity index (χ0) is 27.8. The van der Waals surface area contributed by atoms with Crippen molar-refractivity contribution < 1.29 is 14.3 Å². The van der Waals surface area contributed by atoms with E-state index in [2.05, 4.69) is 44.4 Å². The zero-order valence-electron chi connectivity index (χ0n) is 23.0. The fraction of sp³-hybridized carbons (Fsp3) is 0.344. The Bertz CT molecular complexity index is 1550. The third kappa shape index (κ3) is 5.50. The summed E-state index contributed by atoms with van der Waals surface area (Å²) in [5.74, 6) is 1.26. The summed E-state index contributed by atoms with van der Waals surface area (Å²) in [4.78, 5) is 40.1. The van der Waals surface area contributed by atoms with Crippen molar-refractivity contribution in [3.8, 4) is 11.4 Å². The van der Waals surface area contributed by atoms with Crippen LogP contribution < -0.4 is 15.1 Å². The number of fused-ring (bicyclic) bond motifs is 1. The van der Waals surface area contributed by atoms with E-state index >= 15 is 0 Å². The molecule has 3 aromatic carbocycles. The average molecular weight is 551 g/mol. The molecule has 7 rings (SSSR count). The molecule has 0 spiro atoms. The number of anilines is 3. The smallest absolute Gasteiger partial charge is 0.255 e. The van der Waals surface area contributed by atoms with E-state index in [-0.39, 0.29) is 11.8 Å². The van der Waals surface area contributed by atoms with Crippen LogP contribution >= 0.6 is 0 Å². The van der Waals surface area contributed by atoms with Gasteiger partial charge in [0.25, 0.3) is 5.91 Å². The second kappa shape index (κ2) is 10.9. The Morgan fingerprint density at radius 2 is 1.46 bits per heavy atom. The number of benzene rings is 3. The van der Waals surface area contributed by atoms with Gasteiger partial charge in [0.2, 0.25) is 5.91 Å². The third-order valence-corrected chi connectivity index (χ3v) is 8.27. The van der Waals surface area contributed by atoms with Crippen molar-refractivity contribution in [1.29, 1.82) is 0 Å². The molecule has 9 nitrogen and oxygen atoms in total. The van der Waals surface area contributed by atoms with Crippen molar-refractivity contribution in [2.24, 2.45) is 5.92 Å². The van der Waals surface area contributed by atoms with Gasteiger partial charge in [0.1, 0.15) is 5.82 Å². The summed E-state index contributed by atoms with van der Waals surface area (Å²) in [6.07, 6.45) is 2.12. The molecular formula is C32H34N6O3. The molecule has 1 aliphatic carbocycles. The predicted molar refractivity (Wildman–Crippen MR) is 160 cm³/mol. The first-order valence-corrected chi connectivity index (χ1v) is 14.5. The number of nitrogens with zero attached hydrogens (tertiary/aromatic N) is 4. The summed E-state index contributed by atoms with van der Waals surface area (Å²) < 4.78 is 5.43. The Kier molecular flexibility index (Phi) is 6.80. The highest BCUT2D eigenvalue weighted by atomic mass is 16.5. The molecule has 2 amide bonds. The number of carbonyl (C=O) groups is 2. The van der Waals surface area contributed by atoms with Crippen LogP contribution in [0, 0.1) is 5.92 Å². The van der Waals surface area contributed by atoms with Gasteiger partial charge < -0.3 is 29.7 Å². The lowest BCUT2D eigenvalue weighted by atomic mass is 10.1. The van der Waals surface area contributed by atoms with Crippen LogP contribution in [0.4, 0.5) is 17.1 Å². The SMILES string of the molecule is O=C(Nc1ccc2[nH]c(-c3ccc(N4CCN(C(=O)C5CC5)CC4)cc3)nc2c1)c1ccc(N2CCOCC2)cc1. The maximum Gasteiger partial charge on any atom is 0.255 e. The van der Waals surface area contributed by atoms with Gasteiger partial charge in [-0.05, 0) is 79.6 Å². The van der Waals surface area contributed by atoms with Gasteiger partial charge >= 0.3 is 0 Å². The minimum atomic E-state index is -0.151. The van der Waals surface area contributed by atoms with E-state index in [0.29, 0.717) is 17.2 Å². The number of hydrogen-bond acceptors (Lipinski definition) is 6. The van der Waals surface area contributed by atoms with E-state index < -0.39 is 0 Å². The molecule has 0 unspecified atom stereocenters. The second-order valence-corrected chi connectivity index (χ2v) is 11.1. The van der Waals surface area contributed by atoms with Crippen molar-refractivity contribution >= 4 is 39.9 Å². The largest absolute Gasteiger partial charge is 0.378 e. The van der Waals surface area contributed by atoms with Crippen molar-refractivity contribution in [2.75, 3.05) is 67.6 Å². The normalized spacial score (nSPS) is 17.6. The van der Waals surface area contributed by atoms with Gasteiger partial charge in [0, 0.05) is 73.4 Å². The van der Waals surface area contributed by atoms with E-state index in [1.54, 1.807) is 0 Å². The summed E-state index contributed by atoms with van der Waals surface area (Å²) >= 11 is 0. The lowest BCUT2D eigenvalue weighted by molar-refractivity contribution is -0.132. The number of hydrogen-bond donors (Lipinski definition) is 2. The van der Waals surface area contributed by atoms with Crippen LogP contribution in [0.3, 0.4) is 0 Å². The van der Waals surface area contributed by atoms with Crippen molar-refractivity contribution in [3.05, 3.63) is 72.3 Å². The standard InChI is InChI=1S/C32H34N6O3/c39-31(23-5-10-27(11-6-23)37-17-19-41-20-18-37)33-25-7-12-28-29(21-25)35-30(34-28)22-3-8-26(9-4-22)36-13-15-38(16-14-36)32(40)24-1-2-24/h3-12,21,24H,1-2,13-20H2,(H,33,39)(H,34,35). The molecule has 0 radical (unpaired) electrons. The second-order valence-electron chi connectivity index (χ2n) is 11.1. The number of aromatic nitrogens is 2. The van der Waals surface area contributed by atoms with Gasteiger partial charge in [-0.3, -0.25) is 9.59 Å². The summed E-state index contributed by atoms with van der Waals surface area (Å²) in [5, 5.41) is 3.01. The van der Waals surface area contributed by atoms with Crippen LogP contribution in [-0.4, -0.2) is 79.2 Å². The Labute approximate surface area is 239 Å². The fourth-order valence-electron chi connectivity index (χ4n) is 5.67. The van der Waals surface area contributed by atoms with Gasteiger partial charge in [-0.1, -0.05) is 0 Å². The molecule has 0 bridgehead atoms. The maximum atomic E-state index is 12.9. The van der Waals surface area contributed by atoms with Gasteiger partial charge in [-0.2, -0.15) is 0 Å². The van der Waals surface area contributed by atoms with Crippen molar-refractivity contribution in [3.63, 3.8) is 0 Å². The number of carbonyl (C=O) groups excluding carboxylic acids is 2. The molecular weight excluding hydrogens is 516 g/mol. The molecule has 2 N–H and O–H groups in total. The van der Waals surface area contributed by atoms with E-state index in [4.69, 9.17) is 9.72 Å². The minimum Gasteiger partial charge on any atom is -0.378 e. The molecule has 1 saturated carbocycles. The number of nitrogens with one attached hydrogen (secondary N) is 2. The Morgan fingerprint density at radius 1 is 0.805 bits per heavy atom. The molecule has 0 atom stereocenters. The van der Waals surface area contributed by atoms with Crippen molar-refractivity contribution in [2.45, 2.75) is 12.8 Å². The first-order chi connectivity index (χ1) is 20.1. The molecule has 3 fully saturated rings. The highest BCUT2D eigenvalue weighted by Gasteiger charge is 2.34. The third-order valence-electron chi connectivity index (χ3n) is 8.27. The lowest BCUT2D eigenvalue weighted by Crippen LogP contribution is -2.49. The molecule has 210 valence electrons. The summed E-state index contributed by atoms with van der Waals surface area (Å²) in [5.41, 5.74) is 6.28. The van der Waals surface area contributed by atoms with E-state index in [0.717, 1.165) is 99.1 Å². The molecule has 2 saturated heterocycles. The van der Waals surface area contributed by atoms with Gasteiger partial charge in [-0.15, -0.1) is 0 Å². The van der Waals surface area contributed by atoms with Crippen LogP contribution in [0.25, 0.3) is 22.4 Å². The Morgan fingerprint density at radius 3 is 2.15 bits per heavy atom. The average Bonchev–Trinajstić information content (AvgIpc) is 3.80. The number of H-pyrrole nitrogens is 1. The summed E-state index contributed by atoms with van der Waals surface area (Å²) in [6, 6.07) is 21.8. The number of ether oxygens (including phenoxy) is 1. The maximum absolute atomic E-state index is 12.9. The molecule has 3 heterocycles. The predicted octanol–water partition coefficient (Wildman–Crippen LogP) is 4.38. The number of morpholine rings is 1. The highest BCUT2D eigenvalue weighted by Crippen LogP contribution is 2.32. The zero-order valence-corrected chi connectivity index (χ0v) is 23.0. The summed E-state index contributed by atoms with van der Waals surface area (Å²) in [7, 11) is 0. The number of aromatic amines is 1. The van der Waals surface area contributed by atoms with Gasteiger partial charge in [-0.25, -0.2) is 4.98 Å². The molecule has 41 heavy (non-hydrogen) atoms. The van der Waals surface area contributed by atoms with Gasteiger partial charge in [0.05, 0.1) is 24.2 Å². The minimum absolute atomic E-state index is 0.151. The van der Waals surface area contributed by atoms with Crippen LogP contribution in [0.5, 0.6) is 0 Å². The molecule has 3 aliphatic rings. The Balaban J connectivity index is 0.989. The lowest BCUT2D eigenvalue weighted by Gasteiger charge is -2.36. The number of piperazine rings is 1. The van der Waals surface area contributed by atoms with Crippen LogP contribution in [0.15, 0.2) is 66.7 Å². The van der Waals surface area contributed by atoms with Gasteiger partial charge in [0.15, 0.2) is 0 Å². The molecule has 2 aliphatic heterocycles. The Hall–Kier alpha value is -4.37. The first-order valence-electron chi connectivity index (χ1n) is 14.5. The van der Waals surface area contributed by atoms with Crippen LogP contribution in [0.2, 0.25) is 0 Å².